The van der Waals surface area contributed by atoms with E-state index in [1.807, 2.05) is 44.2 Å². The van der Waals surface area contributed by atoms with E-state index >= 15 is 0 Å². The number of carbonyl (C=O) groups is 1. The number of nitrogens with one attached hydrogen (secondary N) is 2. The predicted octanol–water partition coefficient (Wildman–Crippen LogP) is 4.11. The molecule has 0 aliphatic rings. The number of amides is 1. The van der Waals surface area contributed by atoms with Crippen molar-refractivity contribution in [2.45, 2.75) is 31.6 Å². The first-order valence-corrected chi connectivity index (χ1v) is 13.1. The Labute approximate surface area is 212 Å². The molecule has 3 aromatic rings. The van der Waals surface area contributed by atoms with E-state index in [0.29, 0.717) is 23.7 Å². The van der Waals surface area contributed by atoms with E-state index < -0.39 is 10.0 Å². The van der Waals surface area contributed by atoms with Crippen molar-refractivity contribution in [1.82, 2.24) is 4.72 Å². The first-order valence-electron chi connectivity index (χ1n) is 11.6. The molecule has 3 aromatic carbocycles. The average Bonchev–Trinajstić information content (AvgIpc) is 2.88. The second kappa shape index (κ2) is 12.4. The average molecular weight is 513 g/mol. The third-order valence-electron chi connectivity index (χ3n) is 5.66. The molecule has 0 atom stereocenters. The zero-order chi connectivity index (χ0) is 26.1. The van der Waals surface area contributed by atoms with Gasteiger partial charge in [-0.2, -0.15) is 0 Å². The molecular weight excluding hydrogens is 480 g/mol. The summed E-state index contributed by atoms with van der Waals surface area (Å²) in [5.41, 5.74) is 3.75. The van der Waals surface area contributed by atoms with Gasteiger partial charge in [-0.15, -0.1) is 0 Å². The van der Waals surface area contributed by atoms with Gasteiger partial charge in [0.05, 0.1) is 19.1 Å². The van der Waals surface area contributed by atoms with Crippen LogP contribution in [0.4, 0.5) is 5.69 Å². The molecule has 8 nitrogen and oxygen atoms in total. The van der Waals surface area contributed by atoms with Crippen LogP contribution < -0.4 is 24.2 Å². The van der Waals surface area contributed by atoms with Gasteiger partial charge in [-0.1, -0.05) is 31.2 Å². The van der Waals surface area contributed by atoms with E-state index in [1.54, 1.807) is 20.3 Å². The van der Waals surface area contributed by atoms with Crippen LogP contribution in [0.15, 0.2) is 65.6 Å². The summed E-state index contributed by atoms with van der Waals surface area (Å²) in [5.74, 6) is 1.32. The van der Waals surface area contributed by atoms with Gasteiger partial charge in [-0.3, -0.25) is 4.79 Å². The number of aryl methyl sites for hydroxylation is 2. The zero-order valence-electron chi connectivity index (χ0n) is 21.0. The number of hydrogen-bond acceptors (Lipinski definition) is 6. The van der Waals surface area contributed by atoms with Crippen molar-refractivity contribution in [3.8, 4) is 17.2 Å². The fraction of sp³-hybridized carbons (Fsp3) is 0.296. The number of carbonyl (C=O) groups excluding carboxylic acids is 1. The van der Waals surface area contributed by atoms with Gasteiger partial charge in [0.1, 0.15) is 5.75 Å². The number of anilines is 1. The maximum Gasteiger partial charge on any atom is 0.262 e. The van der Waals surface area contributed by atoms with Gasteiger partial charge in [0, 0.05) is 12.2 Å². The molecule has 36 heavy (non-hydrogen) atoms. The number of ether oxygens (including phenoxy) is 3. The van der Waals surface area contributed by atoms with E-state index in [2.05, 4.69) is 10.0 Å². The van der Waals surface area contributed by atoms with Gasteiger partial charge in [0.15, 0.2) is 18.1 Å². The summed E-state index contributed by atoms with van der Waals surface area (Å²) in [6.45, 7) is 4.00. The summed E-state index contributed by atoms with van der Waals surface area (Å²) in [4.78, 5) is 12.5. The number of methoxy groups -OCH3 is 2. The van der Waals surface area contributed by atoms with Gasteiger partial charge in [-0.25, -0.2) is 13.1 Å². The highest BCUT2D eigenvalue weighted by atomic mass is 32.2. The van der Waals surface area contributed by atoms with Crippen LogP contribution in [0.25, 0.3) is 0 Å². The topological polar surface area (TPSA) is 103 Å². The van der Waals surface area contributed by atoms with Crippen molar-refractivity contribution < 1.29 is 27.4 Å². The van der Waals surface area contributed by atoms with Crippen LogP contribution >= 0.6 is 0 Å². The molecule has 0 bridgehead atoms. The lowest BCUT2D eigenvalue weighted by atomic mass is 10.1. The Bertz CT molecular complexity index is 1290. The lowest BCUT2D eigenvalue weighted by Gasteiger charge is -2.13. The van der Waals surface area contributed by atoms with E-state index in [9.17, 15) is 13.2 Å². The molecular formula is C27H32N2O6S. The van der Waals surface area contributed by atoms with E-state index in [-0.39, 0.29) is 24.0 Å². The number of para-hydroxylation sites is 1. The highest BCUT2D eigenvalue weighted by Crippen LogP contribution is 2.27. The second-order valence-electron chi connectivity index (χ2n) is 8.11. The highest BCUT2D eigenvalue weighted by Gasteiger charge is 2.15. The largest absolute Gasteiger partial charge is 0.493 e. The molecule has 0 aliphatic carbocycles. The molecule has 2 N–H and O–H groups in total. The van der Waals surface area contributed by atoms with Crippen LogP contribution in [0.3, 0.4) is 0 Å². The third-order valence-corrected chi connectivity index (χ3v) is 7.14. The smallest absolute Gasteiger partial charge is 0.262 e. The van der Waals surface area contributed by atoms with Crippen molar-refractivity contribution >= 4 is 21.6 Å². The minimum Gasteiger partial charge on any atom is -0.493 e. The van der Waals surface area contributed by atoms with Crippen molar-refractivity contribution in [2.75, 3.05) is 32.7 Å². The molecule has 9 heteroatoms. The molecule has 3 rings (SSSR count). The number of rotatable bonds is 12. The van der Waals surface area contributed by atoms with E-state index in [4.69, 9.17) is 14.2 Å². The van der Waals surface area contributed by atoms with Crippen molar-refractivity contribution in [1.29, 1.82) is 0 Å². The Morgan fingerprint density at radius 2 is 1.67 bits per heavy atom. The molecule has 0 radical (unpaired) electrons. The summed E-state index contributed by atoms with van der Waals surface area (Å²) in [5, 5.41) is 2.90. The summed E-state index contributed by atoms with van der Waals surface area (Å²) < 4.78 is 44.0. The molecule has 0 aliphatic heterocycles. The summed E-state index contributed by atoms with van der Waals surface area (Å²) in [6, 6.07) is 17.3. The van der Waals surface area contributed by atoms with Crippen molar-refractivity contribution in [3.05, 3.63) is 77.4 Å². The fourth-order valence-electron chi connectivity index (χ4n) is 3.69. The fourth-order valence-corrected chi connectivity index (χ4v) is 4.72. The Kier molecular flexibility index (Phi) is 9.32. The maximum atomic E-state index is 12.7. The minimum atomic E-state index is -3.70. The molecule has 0 aromatic heterocycles. The predicted molar refractivity (Wildman–Crippen MR) is 140 cm³/mol. The Balaban J connectivity index is 1.53. The van der Waals surface area contributed by atoms with Gasteiger partial charge in [0.25, 0.3) is 5.91 Å². The molecule has 0 spiro atoms. The number of sulfonamides is 1. The lowest BCUT2D eigenvalue weighted by molar-refractivity contribution is -0.118. The van der Waals surface area contributed by atoms with Crippen molar-refractivity contribution in [2.24, 2.45) is 0 Å². The molecule has 0 heterocycles. The maximum absolute atomic E-state index is 12.7. The molecule has 0 saturated carbocycles. The minimum absolute atomic E-state index is 0.110. The Hall–Kier alpha value is -3.56. The molecule has 192 valence electrons. The number of hydrogen-bond donors (Lipinski definition) is 2. The van der Waals surface area contributed by atoms with Crippen LogP contribution in [0.2, 0.25) is 0 Å². The van der Waals surface area contributed by atoms with Crippen LogP contribution in [0.5, 0.6) is 17.2 Å². The Morgan fingerprint density at radius 3 is 2.33 bits per heavy atom. The van der Waals surface area contributed by atoms with Crippen LogP contribution in [-0.2, 0) is 27.7 Å². The summed E-state index contributed by atoms with van der Waals surface area (Å²) >= 11 is 0. The highest BCUT2D eigenvalue weighted by molar-refractivity contribution is 7.89. The zero-order valence-corrected chi connectivity index (χ0v) is 21.8. The van der Waals surface area contributed by atoms with E-state index in [1.165, 1.54) is 24.3 Å². The molecule has 1 amide bonds. The monoisotopic (exact) mass is 512 g/mol. The van der Waals surface area contributed by atoms with Gasteiger partial charge in [-0.05, 0) is 72.9 Å². The van der Waals surface area contributed by atoms with Gasteiger partial charge in [0.2, 0.25) is 10.0 Å². The second-order valence-corrected chi connectivity index (χ2v) is 9.87. The first-order chi connectivity index (χ1) is 17.3. The summed E-state index contributed by atoms with van der Waals surface area (Å²) in [6.07, 6.45) is 1.28. The quantitative estimate of drug-likeness (QED) is 0.379. The SMILES string of the molecule is CCc1cccc(C)c1NC(=O)COc1ccc(S(=O)(=O)NCCc2ccc(OC)c(OC)c2)cc1. The standard InChI is InChI=1S/C27H32N2O6S/c1-5-21-8-6-7-19(2)27(21)29-26(30)18-35-22-10-12-23(13-11-22)36(31,32)28-16-15-20-9-14-24(33-3)25(17-20)34-4/h6-14,17,28H,5,15-16,18H2,1-4H3,(H,29,30). The third kappa shape index (κ3) is 6.99. The number of benzene rings is 3. The lowest BCUT2D eigenvalue weighted by Crippen LogP contribution is -2.26. The summed E-state index contributed by atoms with van der Waals surface area (Å²) in [7, 11) is -0.589. The van der Waals surface area contributed by atoms with Gasteiger partial charge < -0.3 is 19.5 Å². The van der Waals surface area contributed by atoms with Crippen LogP contribution in [0.1, 0.15) is 23.6 Å². The van der Waals surface area contributed by atoms with Crippen LogP contribution in [-0.4, -0.2) is 41.7 Å². The Morgan fingerprint density at radius 1 is 0.944 bits per heavy atom. The van der Waals surface area contributed by atoms with Crippen LogP contribution in [0, 0.1) is 6.92 Å². The molecule has 0 fully saturated rings. The first kappa shape index (κ1) is 27.0. The molecule has 0 saturated heterocycles. The normalized spacial score (nSPS) is 11.1. The van der Waals surface area contributed by atoms with Gasteiger partial charge >= 0.3 is 0 Å². The molecule has 0 unspecified atom stereocenters. The van der Waals surface area contributed by atoms with E-state index in [0.717, 1.165) is 28.8 Å². The van der Waals surface area contributed by atoms with Crippen molar-refractivity contribution in [3.63, 3.8) is 0 Å².